The van der Waals surface area contributed by atoms with Crippen LogP contribution in [-0.4, -0.2) is 10.4 Å². The fraction of sp³-hybridized carbons (Fsp3) is 0.179. The van der Waals surface area contributed by atoms with Gasteiger partial charge >= 0.3 is 0 Å². The summed E-state index contributed by atoms with van der Waals surface area (Å²) in [6, 6.07) is 23.7. The van der Waals surface area contributed by atoms with E-state index in [1.54, 1.807) is 12.1 Å². The largest absolute Gasteiger partial charge is 0.376 e. The minimum Gasteiger partial charge on any atom is -0.376 e. The van der Waals surface area contributed by atoms with Crippen molar-refractivity contribution in [1.29, 1.82) is 0 Å². The maximum absolute atomic E-state index is 13.7. The van der Waals surface area contributed by atoms with Gasteiger partial charge in [-0.05, 0) is 89.8 Å². The molecule has 1 aliphatic carbocycles. The molecule has 0 aliphatic heterocycles. The molecule has 1 heterocycles. The Kier molecular flexibility index (Phi) is 5.86. The van der Waals surface area contributed by atoms with E-state index in [0.717, 1.165) is 32.8 Å². The van der Waals surface area contributed by atoms with Gasteiger partial charge in [-0.3, -0.25) is 4.79 Å². The molecule has 1 aliphatic rings. The quantitative estimate of drug-likeness (QED) is 0.283. The van der Waals surface area contributed by atoms with Crippen molar-refractivity contribution < 1.29 is 9.18 Å². The molecule has 0 saturated carbocycles. The SMILES string of the molecule is CC1(C)CC(=O)c2cc(-c3ccc(F)cc3)n(-c3ccc(Cl)cc3)c2[C@H]1Nc1ccc(Br)cc1. The monoisotopic (exact) mass is 536 g/mol. The lowest BCUT2D eigenvalue weighted by Crippen LogP contribution is -2.37. The summed E-state index contributed by atoms with van der Waals surface area (Å²) >= 11 is 9.68. The number of aromatic nitrogens is 1. The number of nitrogens with zero attached hydrogens (tertiary/aromatic N) is 1. The summed E-state index contributed by atoms with van der Waals surface area (Å²) in [5.41, 5.74) is 4.75. The highest BCUT2D eigenvalue weighted by Gasteiger charge is 2.43. The number of fused-ring (bicyclic) bond motifs is 1. The lowest BCUT2D eigenvalue weighted by atomic mass is 9.72. The van der Waals surface area contributed by atoms with Crippen molar-refractivity contribution in [2.24, 2.45) is 5.41 Å². The zero-order valence-corrected chi connectivity index (χ0v) is 21.1. The van der Waals surface area contributed by atoms with Crippen molar-refractivity contribution in [1.82, 2.24) is 4.57 Å². The number of halogens is 3. The third-order valence-electron chi connectivity index (χ3n) is 6.39. The first-order chi connectivity index (χ1) is 16.2. The number of hydrogen-bond donors (Lipinski definition) is 1. The maximum Gasteiger partial charge on any atom is 0.165 e. The molecule has 0 spiro atoms. The molecule has 0 saturated heterocycles. The molecule has 172 valence electrons. The third-order valence-corrected chi connectivity index (χ3v) is 7.17. The molecular formula is C28H23BrClFN2O. The number of Topliss-reactive ketones (excluding diaryl/α,β-unsaturated/α-hetero) is 1. The Bertz CT molecular complexity index is 1360. The van der Waals surface area contributed by atoms with E-state index in [2.05, 4.69) is 39.7 Å². The Balaban J connectivity index is 1.76. The number of rotatable bonds is 4. The highest BCUT2D eigenvalue weighted by Crippen LogP contribution is 2.48. The van der Waals surface area contributed by atoms with E-state index in [1.807, 2.05) is 54.6 Å². The summed E-state index contributed by atoms with van der Waals surface area (Å²) < 4.78 is 16.8. The van der Waals surface area contributed by atoms with Gasteiger partial charge in [0.05, 0.1) is 17.4 Å². The zero-order valence-electron chi connectivity index (χ0n) is 18.8. The fourth-order valence-electron chi connectivity index (χ4n) is 4.69. The van der Waals surface area contributed by atoms with Gasteiger partial charge in [0.2, 0.25) is 0 Å². The second-order valence-electron chi connectivity index (χ2n) is 9.32. The summed E-state index contributed by atoms with van der Waals surface area (Å²) in [6.45, 7) is 4.22. The Labute approximate surface area is 211 Å². The lowest BCUT2D eigenvalue weighted by Gasteiger charge is -2.40. The van der Waals surface area contributed by atoms with E-state index in [-0.39, 0.29) is 23.1 Å². The number of carbonyl (C=O) groups excluding carboxylic acids is 1. The maximum atomic E-state index is 13.7. The van der Waals surface area contributed by atoms with E-state index in [0.29, 0.717) is 17.0 Å². The number of ketones is 1. The van der Waals surface area contributed by atoms with Crippen LogP contribution < -0.4 is 5.32 Å². The lowest BCUT2D eigenvalue weighted by molar-refractivity contribution is 0.0891. The Morgan fingerprint density at radius 1 is 1.00 bits per heavy atom. The molecule has 5 rings (SSSR count). The smallest absolute Gasteiger partial charge is 0.165 e. The summed E-state index contributed by atoms with van der Waals surface area (Å²) in [7, 11) is 0. The zero-order chi connectivity index (χ0) is 24.0. The van der Waals surface area contributed by atoms with E-state index in [4.69, 9.17) is 11.6 Å². The van der Waals surface area contributed by atoms with Crippen molar-refractivity contribution in [2.75, 3.05) is 5.32 Å². The second kappa shape index (κ2) is 8.71. The first-order valence-electron chi connectivity index (χ1n) is 11.1. The molecule has 3 nitrogen and oxygen atoms in total. The molecular weight excluding hydrogens is 515 g/mol. The van der Waals surface area contributed by atoms with Gasteiger partial charge in [0.1, 0.15) is 5.82 Å². The van der Waals surface area contributed by atoms with Gasteiger partial charge in [-0.15, -0.1) is 0 Å². The Morgan fingerprint density at radius 2 is 1.65 bits per heavy atom. The Hall–Kier alpha value is -2.89. The highest BCUT2D eigenvalue weighted by molar-refractivity contribution is 9.10. The van der Waals surface area contributed by atoms with Crippen LogP contribution in [0.2, 0.25) is 5.02 Å². The topological polar surface area (TPSA) is 34.0 Å². The first kappa shape index (κ1) is 22.9. The number of anilines is 1. The molecule has 6 heteroatoms. The third kappa shape index (κ3) is 4.19. The van der Waals surface area contributed by atoms with Crippen LogP contribution in [0.25, 0.3) is 16.9 Å². The van der Waals surface area contributed by atoms with E-state index >= 15 is 0 Å². The summed E-state index contributed by atoms with van der Waals surface area (Å²) in [5, 5.41) is 4.32. The van der Waals surface area contributed by atoms with Crippen molar-refractivity contribution in [3.8, 4) is 16.9 Å². The number of carbonyl (C=O) groups is 1. The van der Waals surface area contributed by atoms with Crippen LogP contribution in [0.15, 0.2) is 83.3 Å². The summed E-state index contributed by atoms with van der Waals surface area (Å²) in [4.78, 5) is 13.4. The standard InChI is InChI=1S/C28H23BrClFN2O/c1-28(2)16-25(34)23-15-24(17-3-9-20(31)10-4-17)33(22-13-7-19(30)8-14-22)26(23)27(28)32-21-11-5-18(29)6-12-21/h3-15,27,32H,16H2,1-2H3/t27-/m1/s1. The number of nitrogens with one attached hydrogen (secondary N) is 1. The van der Waals surface area contributed by atoms with Crippen molar-refractivity contribution in [3.63, 3.8) is 0 Å². The van der Waals surface area contributed by atoms with Gasteiger partial charge < -0.3 is 9.88 Å². The number of benzene rings is 3. The van der Waals surface area contributed by atoms with Crippen molar-refractivity contribution in [3.05, 3.63) is 105 Å². The van der Waals surface area contributed by atoms with Crippen LogP contribution in [0.3, 0.4) is 0 Å². The van der Waals surface area contributed by atoms with Gasteiger partial charge in [0.25, 0.3) is 0 Å². The molecule has 0 amide bonds. The molecule has 0 radical (unpaired) electrons. The minimum atomic E-state index is -0.347. The molecule has 1 aromatic heterocycles. The first-order valence-corrected chi connectivity index (χ1v) is 12.2. The van der Waals surface area contributed by atoms with E-state index in [9.17, 15) is 9.18 Å². The van der Waals surface area contributed by atoms with Gasteiger partial charge in [0.15, 0.2) is 5.78 Å². The molecule has 1 atom stereocenters. The minimum absolute atomic E-state index is 0.102. The van der Waals surface area contributed by atoms with Crippen LogP contribution >= 0.6 is 27.5 Å². The number of hydrogen-bond acceptors (Lipinski definition) is 2. The average Bonchev–Trinajstić information content (AvgIpc) is 3.19. The van der Waals surface area contributed by atoms with E-state index < -0.39 is 0 Å². The van der Waals surface area contributed by atoms with Gasteiger partial charge in [-0.1, -0.05) is 41.4 Å². The molecule has 0 bridgehead atoms. The predicted octanol–water partition coefficient (Wildman–Crippen LogP) is 8.47. The second-order valence-corrected chi connectivity index (χ2v) is 10.7. The predicted molar refractivity (Wildman–Crippen MR) is 139 cm³/mol. The molecule has 0 unspecified atom stereocenters. The van der Waals surface area contributed by atoms with Crippen molar-refractivity contribution in [2.45, 2.75) is 26.3 Å². The Morgan fingerprint density at radius 3 is 2.29 bits per heavy atom. The van der Waals surface area contributed by atoms with Gasteiger partial charge in [-0.2, -0.15) is 0 Å². The van der Waals surface area contributed by atoms with Crippen molar-refractivity contribution >= 4 is 39.0 Å². The summed E-state index contributed by atoms with van der Waals surface area (Å²) in [5.74, 6) is -0.199. The molecule has 34 heavy (non-hydrogen) atoms. The van der Waals surface area contributed by atoms with Crippen LogP contribution in [0.5, 0.6) is 0 Å². The fourth-order valence-corrected chi connectivity index (χ4v) is 5.08. The molecule has 0 fully saturated rings. The highest BCUT2D eigenvalue weighted by atomic mass is 79.9. The van der Waals surface area contributed by atoms with Crippen LogP contribution in [0.4, 0.5) is 10.1 Å². The normalized spacial score (nSPS) is 16.9. The average molecular weight is 538 g/mol. The van der Waals surface area contributed by atoms with Crippen LogP contribution in [0.1, 0.15) is 42.4 Å². The molecule has 1 N–H and O–H groups in total. The van der Waals surface area contributed by atoms with Crippen LogP contribution in [0, 0.1) is 11.2 Å². The van der Waals surface area contributed by atoms with Crippen LogP contribution in [-0.2, 0) is 0 Å². The van der Waals surface area contributed by atoms with Gasteiger partial charge in [0, 0.05) is 32.9 Å². The van der Waals surface area contributed by atoms with E-state index in [1.165, 1.54) is 12.1 Å². The van der Waals surface area contributed by atoms with Gasteiger partial charge in [-0.25, -0.2) is 4.39 Å². The molecule has 3 aromatic carbocycles. The molecule has 4 aromatic rings. The summed E-state index contributed by atoms with van der Waals surface area (Å²) in [6.07, 6.45) is 0.418.